The second-order valence-corrected chi connectivity index (χ2v) is 3.50. The molecule has 2 heterocycles. The van der Waals surface area contributed by atoms with Crippen molar-refractivity contribution in [1.29, 1.82) is 0 Å². The lowest BCUT2D eigenvalue weighted by Gasteiger charge is -2.06. The summed E-state index contributed by atoms with van der Waals surface area (Å²) in [4.78, 5) is 8.05. The van der Waals surface area contributed by atoms with Crippen molar-refractivity contribution in [3.63, 3.8) is 0 Å². The number of fused-ring (bicyclic) bond motifs is 1. The van der Waals surface area contributed by atoms with E-state index in [0.717, 1.165) is 0 Å². The van der Waals surface area contributed by atoms with Gasteiger partial charge in [-0.2, -0.15) is 0 Å². The van der Waals surface area contributed by atoms with Crippen LogP contribution in [0.25, 0.3) is 11.3 Å². The van der Waals surface area contributed by atoms with E-state index in [1.165, 1.54) is 12.1 Å². The maximum atomic E-state index is 12.8. The van der Waals surface area contributed by atoms with Gasteiger partial charge in [-0.3, -0.25) is 0 Å². The quantitative estimate of drug-likeness (QED) is 0.705. The summed E-state index contributed by atoms with van der Waals surface area (Å²) in [5.41, 5.74) is 6.81. The van der Waals surface area contributed by atoms with Crippen LogP contribution in [0, 0.1) is 5.82 Å². The zero-order valence-corrected chi connectivity index (χ0v) is 8.96. The molecule has 7 nitrogen and oxygen atoms in total. The number of anilines is 3. The molecule has 0 bridgehead atoms. The number of halogens is 1. The van der Waals surface area contributed by atoms with Crippen LogP contribution in [-0.2, 0) is 0 Å². The summed E-state index contributed by atoms with van der Waals surface area (Å²) in [6.45, 7) is 0. The SMILES string of the molecule is Nc1nc2nonc2nc1Nc1ccc(F)cc1. The van der Waals surface area contributed by atoms with E-state index in [9.17, 15) is 4.39 Å². The number of hydrogen-bond donors (Lipinski definition) is 2. The van der Waals surface area contributed by atoms with E-state index >= 15 is 0 Å². The summed E-state index contributed by atoms with van der Waals surface area (Å²) in [5, 5.41) is 9.99. The van der Waals surface area contributed by atoms with Crippen LogP contribution < -0.4 is 11.1 Å². The van der Waals surface area contributed by atoms with E-state index in [1.807, 2.05) is 0 Å². The largest absolute Gasteiger partial charge is 0.381 e. The van der Waals surface area contributed by atoms with Crippen molar-refractivity contribution in [2.45, 2.75) is 0 Å². The molecule has 18 heavy (non-hydrogen) atoms. The number of nitrogens with one attached hydrogen (secondary N) is 1. The lowest BCUT2D eigenvalue weighted by Crippen LogP contribution is -2.02. The third-order valence-corrected chi connectivity index (χ3v) is 2.25. The molecule has 0 unspecified atom stereocenters. The third kappa shape index (κ3) is 1.79. The van der Waals surface area contributed by atoms with Gasteiger partial charge in [0.1, 0.15) is 5.82 Å². The molecule has 0 atom stereocenters. The molecule has 3 rings (SSSR count). The van der Waals surface area contributed by atoms with Crippen molar-refractivity contribution in [2.75, 3.05) is 11.1 Å². The summed E-state index contributed by atoms with van der Waals surface area (Å²) in [6, 6.07) is 5.76. The summed E-state index contributed by atoms with van der Waals surface area (Å²) < 4.78 is 17.2. The molecule has 3 aromatic rings. The Morgan fingerprint density at radius 2 is 1.72 bits per heavy atom. The first-order valence-electron chi connectivity index (χ1n) is 5.01. The Balaban J connectivity index is 1.98. The molecule has 0 radical (unpaired) electrons. The maximum absolute atomic E-state index is 12.8. The molecule has 0 spiro atoms. The van der Waals surface area contributed by atoms with Crippen molar-refractivity contribution in [3.05, 3.63) is 30.1 Å². The van der Waals surface area contributed by atoms with E-state index < -0.39 is 0 Å². The molecule has 2 aromatic heterocycles. The Morgan fingerprint density at radius 3 is 2.44 bits per heavy atom. The average Bonchev–Trinajstić information content (AvgIpc) is 2.79. The molecule has 8 heteroatoms. The number of hydrogen-bond acceptors (Lipinski definition) is 7. The lowest BCUT2D eigenvalue weighted by molar-refractivity contribution is 0.314. The summed E-state index contributed by atoms with van der Waals surface area (Å²) >= 11 is 0. The normalized spacial score (nSPS) is 10.7. The molecule has 0 aliphatic heterocycles. The maximum Gasteiger partial charge on any atom is 0.245 e. The Morgan fingerprint density at radius 1 is 1.06 bits per heavy atom. The zero-order chi connectivity index (χ0) is 12.5. The van der Waals surface area contributed by atoms with Crippen LogP contribution in [0.5, 0.6) is 0 Å². The van der Waals surface area contributed by atoms with Crippen molar-refractivity contribution in [1.82, 2.24) is 20.3 Å². The lowest BCUT2D eigenvalue weighted by atomic mass is 10.3. The van der Waals surface area contributed by atoms with Gasteiger partial charge in [0.15, 0.2) is 11.6 Å². The topological polar surface area (TPSA) is 103 Å². The Labute approximate surface area is 99.8 Å². The minimum atomic E-state index is -0.323. The third-order valence-electron chi connectivity index (χ3n) is 2.25. The van der Waals surface area contributed by atoms with Crippen LogP contribution >= 0.6 is 0 Å². The number of nitrogens with zero attached hydrogens (tertiary/aromatic N) is 4. The highest BCUT2D eigenvalue weighted by molar-refractivity contribution is 5.74. The van der Waals surface area contributed by atoms with Crippen LogP contribution in [0.15, 0.2) is 28.9 Å². The first-order valence-corrected chi connectivity index (χ1v) is 5.01. The molecular weight excluding hydrogens is 239 g/mol. The van der Waals surface area contributed by atoms with Gasteiger partial charge in [-0.1, -0.05) is 0 Å². The first-order chi connectivity index (χ1) is 8.72. The van der Waals surface area contributed by atoms with Gasteiger partial charge in [-0.25, -0.2) is 19.0 Å². The van der Waals surface area contributed by atoms with Crippen molar-refractivity contribution in [3.8, 4) is 0 Å². The molecule has 0 fully saturated rings. The van der Waals surface area contributed by atoms with Gasteiger partial charge in [0, 0.05) is 5.69 Å². The predicted octanol–water partition coefficient (Wildman–Crippen LogP) is 1.48. The van der Waals surface area contributed by atoms with Crippen LogP contribution in [0.3, 0.4) is 0 Å². The Hall–Kier alpha value is -2.77. The van der Waals surface area contributed by atoms with E-state index in [2.05, 4.69) is 30.2 Å². The van der Waals surface area contributed by atoms with Gasteiger partial charge in [0.25, 0.3) is 0 Å². The molecular formula is C10H7FN6O. The monoisotopic (exact) mass is 246 g/mol. The Bertz CT molecular complexity index is 695. The molecule has 90 valence electrons. The van der Waals surface area contributed by atoms with Gasteiger partial charge >= 0.3 is 0 Å². The van der Waals surface area contributed by atoms with Gasteiger partial charge in [-0.15, -0.1) is 0 Å². The number of rotatable bonds is 2. The van der Waals surface area contributed by atoms with Gasteiger partial charge < -0.3 is 11.1 Å². The zero-order valence-electron chi connectivity index (χ0n) is 8.96. The molecule has 0 aliphatic carbocycles. The number of nitrogens with two attached hydrogens (primary N) is 1. The number of aromatic nitrogens is 4. The fourth-order valence-electron chi connectivity index (χ4n) is 1.41. The van der Waals surface area contributed by atoms with Crippen LogP contribution in [0.1, 0.15) is 0 Å². The molecule has 0 amide bonds. The number of benzene rings is 1. The minimum absolute atomic E-state index is 0.155. The smallest absolute Gasteiger partial charge is 0.245 e. The second-order valence-electron chi connectivity index (χ2n) is 3.50. The summed E-state index contributed by atoms with van der Waals surface area (Å²) in [7, 11) is 0. The standard InChI is InChI=1S/C10H7FN6O/c11-5-1-3-6(4-2-5)13-8-7(12)14-9-10(15-8)17-18-16-9/h1-4H,(H2,12,14,16)(H,13,15,17). The second kappa shape index (κ2) is 3.91. The summed E-state index contributed by atoms with van der Waals surface area (Å²) in [6.07, 6.45) is 0. The van der Waals surface area contributed by atoms with E-state index in [4.69, 9.17) is 5.73 Å². The average molecular weight is 246 g/mol. The summed E-state index contributed by atoms with van der Waals surface area (Å²) in [5.74, 6) is 0.142. The van der Waals surface area contributed by atoms with Crippen LogP contribution in [0.2, 0.25) is 0 Å². The predicted molar refractivity (Wildman–Crippen MR) is 61.5 cm³/mol. The first kappa shape index (κ1) is 10.4. The fourth-order valence-corrected chi connectivity index (χ4v) is 1.41. The fraction of sp³-hybridized carbons (Fsp3) is 0. The highest BCUT2D eigenvalue weighted by Gasteiger charge is 2.10. The van der Waals surface area contributed by atoms with Gasteiger partial charge in [0.2, 0.25) is 11.3 Å². The van der Waals surface area contributed by atoms with E-state index in [-0.39, 0.29) is 22.9 Å². The van der Waals surface area contributed by atoms with Crippen molar-refractivity contribution >= 4 is 28.6 Å². The highest BCUT2D eigenvalue weighted by atomic mass is 19.1. The van der Waals surface area contributed by atoms with E-state index in [1.54, 1.807) is 12.1 Å². The van der Waals surface area contributed by atoms with E-state index in [0.29, 0.717) is 11.5 Å². The number of nitrogen functional groups attached to an aromatic ring is 1. The molecule has 0 saturated carbocycles. The van der Waals surface area contributed by atoms with Crippen LogP contribution in [-0.4, -0.2) is 20.3 Å². The van der Waals surface area contributed by atoms with Gasteiger partial charge in [0.05, 0.1) is 0 Å². The van der Waals surface area contributed by atoms with Crippen LogP contribution in [0.4, 0.5) is 21.7 Å². The van der Waals surface area contributed by atoms with Crippen molar-refractivity contribution < 1.29 is 9.02 Å². The van der Waals surface area contributed by atoms with Crippen molar-refractivity contribution in [2.24, 2.45) is 0 Å². The molecule has 0 saturated heterocycles. The van der Waals surface area contributed by atoms with Gasteiger partial charge in [-0.05, 0) is 34.6 Å². The molecule has 0 aliphatic rings. The highest BCUT2D eigenvalue weighted by Crippen LogP contribution is 2.21. The minimum Gasteiger partial charge on any atom is -0.381 e. The molecule has 3 N–H and O–H groups in total. The Kier molecular flexibility index (Phi) is 2.26. The molecule has 1 aromatic carbocycles.